The Kier molecular flexibility index (Phi) is 2.17. The van der Waals surface area contributed by atoms with Gasteiger partial charge < -0.3 is 0 Å². The lowest BCUT2D eigenvalue weighted by Gasteiger charge is -1.97. The van der Waals surface area contributed by atoms with Gasteiger partial charge in [0.1, 0.15) is 4.60 Å². The highest BCUT2D eigenvalue weighted by Crippen LogP contribution is 2.21. The molecule has 14 heavy (non-hydrogen) atoms. The van der Waals surface area contributed by atoms with Crippen LogP contribution in [0, 0.1) is 10.1 Å². The molecule has 0 unspecified atom stereocenters. The van der Waals surface area contributed by atoms with Gasteiger partial charge in [-0.05, 0) is 33.4 Å². The Morgan fingerprint density at radius 1 is 1.29 bits per heavy atom. The average molecular weight is 253 g/mol. The molecule has 0 saturated carbocycles. The van der Waals surface area contributed by atoms with Gasteiger partial charge in [0.25, 0.3) is 5.69 Å². The van der Waals surface area contributed by atoms with Crippen LogP contribution in [0.4, 0.5) is 5.69 Å². The zero-order valence-corrected chi connectivity index (χ0v) is 8.56. The zero-order chi connectivity index (χ0) is 10.1. The summed E-state index contributed by atoms with van der Waals surface area (Å²) in [6, 6.07) is 6.52. The second-order valence-electron chi connectivity index (χ2n) is 2.80. The Labute approximate surface area is 87.9 Å². The van der Waals surface area contributed by atoms with Crippen LogP contribution >= 0.6 is 15.9 Å². The summed E-state index contributed by atoms with van der Waals surface area (Å²) in [5.41, 5.74) is 0.0848. The van der Waals surface area contributed by atoms with Crippen molar-refractivity contribution >= 4 is 32.4 Å². The fourth-order valence-corrected chi connectivity index (χ4v) is 1.56. The maximum Gasteiger partial charge on any atom is 0.270 e. The molecule has 0 radical (unpaired) electrons. The lowest BCUT2D eigenvalue weighted by molar-refractivity contribution is -0.384. The molecular formula is C9H5BrN2O2. The van der Waals surface area contributed by atoms with Crippen LogP contribution in [0.1, 0.15) is 0 Å². The number of pyridine rings is 1. The number of benzene rings is 1. The van der Waals surface area contributed by atoms with Gasteiger partial charge in [-0.25, -0.2) is 4.98 Å². The predicted octanol–water partition coefficient (Wildman–Crippen LogP) is 2.91. The summed E-state index contributed by atoms with van der Waals surface area (Å²) >= 11 is 3.23. The van der Waals surface area contributed by atoms with Crippen LogP contribution in [-0.4, -0.2) is 9.91 Å². The minimum atomic E-state index is -0.415. The Hall–Kier alpha value is -1.49. The van der Waals surface area contributed by atoms with E-state index in [2.05, 4.69) is 20.9 Å². The molecule has 5 heteroatoms. The van der Waals surface area contributed by atoms with Gasteiger partial charge in [0, 0.05) is 23.7 Å². The monoisotopic (exact) mass is 252 g/mol. The number of rotatable bonds is 1. The minimum absolute atomic E-state index is 0.0848. The highest BCUT2D eigenvalue weighted by molar-refractivity contribution is 9.10. The molecule has 0 aliphatic rings. The van der Waals surface area contributed by atoms with Gasteiger partial charge in [-0.15, -0.1) is 0 Å². The molecule has 1 aromatic heterocycles. The lowest BCUT2D eigenvalue weighted by Crippen LogP contribution is -1.87. The van der Waals surface area contributed by atoms with Crippen LogP contribution in [0.2, 0.25) is 0 Å². The fourth-order valence-electron chi connectivity index (χ4n) is 1.22. The number of nitro benzene ring substituents is 1. The van der Waals surface area contributed by atoms with Crippen molar-refractivity contribution in [3.8, 4) is 0 Å². The summed E-state index contributed by atoms with van der Waals surface area (Å²) in [5, 5.41) is 12.2. The molecule has 0 saturated heterocycles. The second kappa shape index (κ2) is 3.34. The van der Waals surface area contributed by atoms with Crippen LogP contribution < -0.4 is 0 Å². The van der Waals surface area contributed by atoms with Gasteiger partial charge in [-0.3, -0.25) is 10.1 Å². The van der Waals surface area contributed by atoms with E-state index in [4.69, 9.17) is 0 Å². The van der Waals surface area contributed by atoms with Gasteiger partial charge in [-0.1, -0.05) is 0 Å². The Balaban J connectivity index is 2.67. The normalized spacial score (nSPS) is 10.4. The maximum atomic E-state index is 10.5. The molecule has 0 aliphatic carbocycles. The van der Waals surface area contributed by atoms with Crippen molar-refractivity contribution in [2.45, 2.75) is 0 Å². The topological polar surface area (TPSA) is 56.0 Å². The van der Waals surface area contributed by atoms with Gasteiger partial charge in [-0.2, -0.15) is 0 Å². The third-order valence-electron chi connectivity index (χ3n) is 1.88. The number of hydrogen-bond donors (Lipinski definition) is 0. The van der Waals surface area contributed by atoms with Crippen molar-refractivity contribution in [2.24, 2.45) is 0 Å². The molecule has 0 aliphatic heterocycles. The van der Waals surface area contributed by atoms with Crippen molar-refractivity contribution in [1.82, 2.24) is 4.98 Å². The number of halogens is 1. The number of hydrogen-bond acceptors (Lipinski definition) is 3. The molecule has 1 aromatic carbocycles. The molecule has 2 rings (SSSR count). The maximum absolute atomic E-state index is 10.5. The SMILES string of the molecule is O=[N+]([O-])c1ccc2cc(Br)ncc2c1. The van der Waals surface area contributed by atoms with E-state index in [-0.39, 0.29) is 5.69 Å². The average Bonchev–Trinajstić information content (AvgIpc) is 2.16. The molecule has 0 N–H and O–H groups in total. The van der Waals surface area contributed by atoms with E-state index >= 15 is 0 Å². The number of aromatic nitrogens is 1. The third-order valence-corrected chi connectivity index (χ3v) is 2.32. The van der Waals surface area contributed by atoms with E-state index in [0.717, 1.165) is 15.4 Å². The van der Waals surface area contributed by atoms with Crippen molar-refractivity contribution < 1.29 is 4.92 Å². The van der Waals surface area contributed by atoms with E-state index in [1.165, 1.54) is 12.1 Å². The van der Waals surface area contributed by atoms with Gasteiger partial charge in [0.15, 0.2) is 0 Å². The van der Waals surface area contributed by atoms with Crippen molar-refractivity contribution in [2.75, 3.05) is 0 Å². The third kappa shape index (κ3) is 1.58. The molecule has 0 fully saturated rings. The summed E-state index contributed by atoms with van der Waals surface area (Å²) in [4.78, 5) is 14.1. The highest BCUT2D eigenvalue weighted by Gasteiger charge is 2.05. The molecular weight excluding hydrogens is 248 g/mol. The fraction of sp³-hybridized carbons (Fsp3) is 0. The Morgan fingerprint density at radius 2 is 2.07 bits per heavy atom. The summed E-state index contributed by atoms with van der Waals surface area (Å²) in [6.45, 7) is 0. The standard InChI is InChI=1S/C9H5BrN2O2/c10-9-4-6-1-2-8(12(13)14)3-7(6)5-11-9/h1-5H. The molecule has 1 heterocycles. The van der Waals surface area contributed by atoms with Crippen LogP contribution in [-0.2, 0) is 0 Å². The summed E-state index contributed by atoms with van der Waals surface area (Å²) < 4.78 is 0.721. The smallest absolute Gasteiger partial charge is 0.258 e. The minimum Gasteiger partial charge on any atom is -0.258 e. The number of nitro groups is 1. The van der Waals surface area contributed by atoms with Gasteiger partial charge >= 0.3 is 0 Å². The molecule has 0 atom stereocenters. The van der Waals surface area contributed by atoms with E-state index in [1.54, 1.807) is 12.3 Å². The first-order chi connectivity index (χ1) is 6.66. The van der Waals surface area contributed by atoms with Crippen molar-refractivity contribution in [1.29, 1.82) is 0 Å². The molecule has 0 bridgehead atoms. The second-order valence-corrected chi connectivity index (χ2v) is 3.61. The van der Waals surface area contributed by atoms with Crippen LogP contribution in [0.15, 0.2) is 35.1 Å². The van der Waals surface area contributed by atoms with Crippen LogP contribution in [0.5, 0.6) is 0 Å². The first-order valence-corrected chi connectivity index (χ1v) is 4.66. The zero-order valence-electron chi connectivity index (χ0n) is 6.98. The molecule has 2 aromatic rings. The number of nitrogens with zero attached hydrogens (tertiary/aromatic N) is 2. The van der Waals surface area contributed by atoms with Crippen LogP contribution in [0.3, 0.4) is 0 Å². The quantitative estimate of drug-likeness (QED) is 0.446. The van der Waals surface area contributed by atoms with Gasteiger partial charge in [0.2, 0.25) is 0 Å². The van der Waals surface area contributed by atoms with Crippen LogP contribution in [0.25, 0.3) is 10.8 Å². The molecule has 0 spiro atoms. The van der Waals surface area contributed by atoms with E-state index in [0.29, 0.717) is 0 Å². The summed E-state index contributed by atoms with van der Waals surface area (Å²) in [6.07, 6.45) is 1.60. The van der Waals surface area contributed by atoms with Crippen molar-refractivity contribution in [3.05, 3.63) is 45.2 Å². The molecule has 4 nitrogen and oxygen atoms in total. The lowest BCUT2D eigenvalue weighted by atomic mass is 10.1. The van der Waals surface area contributed by atoms with E-state index in [1.807, 2.05) is 6.07 Å². The summed E-state index contributed by atoms with van der Waals surface area (Å²) in [7, 11) is 0. The predicted molar refractivity (Wildman–Crippen MR) is 56.1 cm³/mol. The first kappa shape index (κ1) is 9.08. The van der Waals surface area contributed by atoms with E-state index in [9.17, 15) is 10.1 Å². The van der Waals surface area contributed by atoms with Gasteiger partial charge in [0.05, 0.1) is 4.92 Å². The Morgan fingerprint density at radius 3 is 2.79 bits per heavy atom. The largest absolute Gasteiger partial charge is 0.270 e. The Bertz CT molecular complexity index is 513. The summed E-state index contributed by atoms with van der Waals surface area (Å²) in [5.74, 6) is 0. The number of non-ortho nitro benzene ring substituents is 1. The molecule has 0 amide bonds. The first-order valence-electron chi connectivity index (χ1n) is 3.86. The van der Waals surface area contributed by atoms with E-state index < -0.39 is 4.92 Å². The van der Waals surface area contributed by atoms with Crippen molar-refractivity contribution in [3.63, 3.8) is 0 Å². The number of fused-ring (bicyclic) bond motifs is 1. The highest BCUT2D eigenvalue weighted by atomic mass is 79.9. The molecule has 70 valence electrons.